The Morgan fingerprint density at radius 2 is 1.65 bits per heavy atom. The second kappa shape index (κ2) is 16.3. The van der Waals surface area contributed by atoms with E-state index in [9.17, 15) is 0 Å². The SMILES string of the molecule is CC.CC(C)(O)O.CCC.Cc1noc(-c2ccccc2)c1CSCC1CCC(C)O1. The minimum absolute atomic E-state index is 0.408. The highest BCUT2D eigenvalue weighted by atomic mass is 32.2. The molecule has 1 aliphatic heterocycles. The quantitative estimate of drug-likeness (QED) is 0.497. The van der Waals surface area contributed by atoms with Gasteiger partial charge in [0.25, 0.3) is 0 Å². The van der Waals surface area contributed by atoms with Crippen LogP contribution in [0.3, 0.4) is 0 Å². The molecule has 1 saturated heterocycles. The molecule has 0 aliphatic carbocycles. The first-order valence-corrected chi connectivity index (χ1v) is 12.5. The third-order valence-corrected chi connectivity index (χ3v) is 4.99. The topological polar surface area (TPSA) is 75.7 Å². The molecule has 2 atom stereocenters. The average molecular weight is 454 g/mol. The van der Waals surface area contributed by atoms with Crippen LogP contribution in [0.4, 0.5) is 0 Å². The Morgan fingerprint density at radius 1 is 1.10 bits per heavy atom. The van der Waals surface area contributed by atoms with Crippen molar-refractivity contribution >= 4 is 11.8 Å². The Morgan fingerprint density at radius 3 is 2.13 bits per heavy atom. The molecule has 0 amide bonds. The Hall–Kier alpha value is -1.34. The van der Waals surface area contributed by atoms with Crippen molar-refractivity contribution in [1.29, 1.82) is 0 Å². The van der Waals surface area contributed by atoms with E-state index < -0.39 is 5.79 Å². The zero-order valence-electron chi connectivity index (χ0n) is 20.6. The van der Waals surface area contributed by atoms with Gasteiger partial charge in [-0.15, -0.1) is 0 Å². The van der Waals surface area contributed by atoms with E-state index in [4.69, 9.17) is 19.5 Å². The molecule has 3 rings (SSSR count). The molecule has 2 aromatic rings. The van der Waals surface area contributed by atoms with E-state index in [-0.39, 0.29) is 0 Å². The lowest BCUT2D eigenvalue weighted by Crippen LogP contribution is -2.15. The molecular formula is C25H43NO4S. The summed E-state index contributed by atoms with van der Waals surface area (Å²) in [5, 5.41) is 20.3. The molecule has 0 radical (unpaired) electrons. The summed E-state index contributed by atoms with van der Waals surface area (Å²) in [6, 6.07) is 10.2. The molecular weight excluding hydrogens is 410 g/mol. The van der Waals surface area contributed by atoms with Crippen LogP contribution >= 0.6 is 11.8 Å². The van der Waals surface area contributed by atoms with Crippen molar-refractivity contribution in [3.63, 3.8) is 0 Å². The smallest absolute Gasteiger partial charge is 0.171 e. The molecule has 2 heterocycles. The first-order valence-electron chi connectivity index (χ1n) is 11.3. The lowest BCUT2D eigenvalue weighted by Gasteiger charge is -2.10. The molecule has 0 saturated carbocycles. The van der Waals surface area contributed by atoms with Crippen LogP contribution in [-0.2, 0) is 10.5 Å². The van der Waals surface area contributed by atoms with Gasteiger partial charge in [0.2, 0.25) is 0 Å². The number of rotatable bonds is 5. The van der Waals surface area contributed by atoms with Crippen LogP contribution in [0.25, 0.3) is 11.3 Å². The zero-order chi connectivity index (χ0) is 23.9. The maximum absolute atomic E-state index is 8.08. The molecule has 1 aliphatic rings. The predicted octanol–water partition coefficient (Wildman–Crippen LogP) is 6.60. The van der Waals surface area contributed by atoms with Crippen molar-refractivity contribution in [3.05, 3.63) is 41.6 Å². The highest BCUT2D eigenvalue weighted by Crippen LogP contribution is 2.30. The Balaban J connectivity index is 0.000000768. The first-order chi connectivity index (χ1) is 14.7. The summed E-state index contributed by atoms with van der Waals surface area (Å²) in [6.45, 7) is 15.0. The summed E-state index contributed by atoms with van der Waals surface area (Å²) in [5.74, 6) is 1.37. The monoisotopic (exact) mass is 453 g/mol. The van der Waals surface area contributed by atoms with Crippen molar-refractivity contribution in [3.8, 4) is 11.3 Å². The number of benzene rings is 1. The van der Waals surface area contributed by atoms with Gasteiger partial charge in [0.15, 0.2) is 11.5 Å². The standard InChI is InChI=1S/C17H21NO2S.C3H8O2.C3H8.C2H6/c1-12-8-9-15(19-12)10-21-11-16-13(2)18-20-17(16)14-6-4-3-5-7-14;1-3(2,4)5;1-3-2;1-2/h3-7,12,15H,8-11H2,1-2H3;4-5H,1-2H3;3H2,1-2H3;1-2H3. The van der Waals surface area contributed by atoms with E-state index in [0.29, 0.717) is 12.2 Å². The fraction of sp³-hybridized carbons (Fsp3) is 0.640. The van der Waals surface area contributed by atoms with E-state index in [1.165, 1.54) is 38.7 Å². The first kappa shape index (κ1) is 29.7. The number of hydrogen-bond donors (Lipinski definition) is 2. The second-order valence-corrected chi connectivity index (χ2v) is 8.83. The Kier molecular flexibility index (Phi) is 15.6. The second-order valence-electron chi connectivity index (χ2n) is 7.80. The third kappa shape index (κ3) is 13.6. The van der Waals surface area contributed by atoms with Gasteiger partial charge in [-0.25, -0.2) is 0 Å². The van der Waals surface area contributed by atoms with Gasteiger partial charge in [-0.2, -0.15) is 11.8 Å². The molecule has 1 aromatic heterocycles. The van der Waals surface area contributed by atoms with Gasteiger partial charge in [-0.05, 0) is 40.5 Å². The summed E-state index contributed by atoms with van der Waals surface area (Å²) in [4.78, 5) is 0. The largest absolute Gasteiger partial charge is 0.374 e. The van der Waals surface area contributed by atoms with Gasteiger partial charge < -0.3 is 19.5 Å². The van der Waals surface area contributed by atoms with Gasteiger partial charge >= 0.3 is 0 Å². The van der Waals surface area contributed by atoms with E-state index in [1.54, 1.807) is 0 Å². The summed E-state index contributed by atoms with van der Waals surface area (Å²) >= 11 is 1.91. The molecule has 0 spiro atoms. The number of aliphatic hydroxyl groups is 2. The lowest BCUT2D eigenvalue weighted by atomic mass is 10.1. The normalized spacial score (nSPS) is 17.5. The maximum Gasteiger partial charge on any atom is 0.171 e. The Labute approximate surface area is 193 Å². The number of nitrogens with zero attached hydrogens (tertiary/aromatic N) is 1. The third-order valence-electron chi connectivity index (χ3n) is 3.89. The summed E-state index contributed by atoms with van der Waals surface area (Å²) in [6.07, 6.45) is 4.45. The fourth-order valence-electron chi connectivity index (χ4n) is 2.68. The lowest BCUT2D eigenvalue weighted by molar-refractivity contribution is -0.127. The zero-order valence-corrected chi connectivity index (χ0v) is 21.5. The van der Waals surface area contributed by atoms with Crippen LogP contribution in [0.2, 0.25) is 0 Å². The molecule has 0 bridgehead atoms. The number of hydrogen-bond acceptors (Lipinski definition) is 6. The molecule has 2 unspecified atom stereocenters. The van der Waals surface area contributed by atoms with Crippen molar-refractivity contribution in [2.45, 2.75) is 98.4 Å². The highest BCUT2D eigenvalue weighted by molar-refractivity contribution is 7.98. The molecule has 6 heteroatoms. The number of aryl methyl sites for hydroxylation is 1. The van der Waals surface area contributed by atoms with Gasteiger partial charge in [0.05, 0.1) is 17.9 Å². The van der Waals surface area contributed by atoms with E-state index >= 15 is 0 Å². The number of ether oxygens (including phenoxy) is 1. The summed E-state index contributed by atoms with van der Waals surface area (Å²) in [7, 11) is 0. The maximum atomic E-state index is 8.08. The van der Waals surface area contributed by atoms with Crippen molar-refractivity contribution in [1.82, 2.24) is 5.16 Å². The molecule has 1 fully saturated rings. The van der Waals surface area contributed by atoms with Gasteiger partial charge in [0, 0.05) is 22.6 Å². The van der Waals surface area contributed by atoms with Crippen LogP contribution < -0.4 is 0 Å². The van der Waals surface area contributed by atoms with Crippen molar-refractivity contribution < 1.29 is 19.5 Å². The molecule has 1 aromatic carbocycles. The van der Waals surface area contributed by atoms with Crippen molar-refractivity contribution in [2.24, 2.45) is 0 Å². The van der Waals surface area contributed by atoms with E-state index in [0.717, 1.165) is 28.5 Å². The van der Waals surface area contributed by atoms with Crippen LogP contribution in [0, 0.1) is 6.92 Å². The van der Waals surface area contributed by atoms with Crippen LogP contribution in [0.1, 0.15) is 79.0 Å². The molecule has 31 heavy (non-hydrogen) atoms. The number of aromatic nitrogens is 1. The molecule has 5 nitrogen and oxygen atoms in total. The molecule has 2 N–H and O–H groups in total. The van der Waals surface area contributed by atoms with Crippen molar-refractivity contribution in [2.75, 3.05) is 5.75 Å². The molecule has 178 valence electrons. The van der Waals surface area contributed by atoms with E-state index in [2.05, 4.69) is 38.1 Å². The highest BCUT2D eigenvalue weighted by Gasteiger charge is 2.22. The van der Waals surface area contributed by atoms with Crippen LogP contribution in [-0.4, -0.2) is 39.1 Å². The average Bonchev–Trinajstić information content (AvgIpc) is 3.29. The summed E-state index contributed by atoms with van der Waals surface area (Å²) in [5.41, 5.74) is 3.29. The minimum atomic E-state index is -1.50. The minimum Gasteiger partial charge on any atom is -0.374 e. The Bertz CT molecular complexity index is 677. The van der Waals surface area contributed by atoms with Gasteiger partial charge in [-0.3, -0.25) is 0 Å². The van der Waals surface area contributed by atoms with Crippen LogP contribution in [0.5, 0.6) is 0 Å². The van der Waals surface area contributed by atoms with Gasteiger partial charge in [-0.1, -0.05) is 69.6 Å². The van der Waals surface area contributed by atoms with Crippen LogP contribution in [0.15, 0.2) is 34.9 Å². The summed E-state index contributed by atoms with van der Waals surface area (Å²) < 4.78 is 11.4. The predicted molar refractivity (Wildman–Crippen MR) is 132 cm³/mol. The van der Waals surface area contributed by atoms with Gasteiger partial charge in [0.1, 0.15) is 0 Å². The fourth-order valence-corrected chi connectivity index (χ4v) is 3.85. The van der Waals surface area contributed by atoms with E-state index in [1.807, 2.05) is 50.7 Å². The number of thioether (sulfide) groups is 1.